The number of aromatic hydroxyl groups is 1. The SMILES string of the molecule is NC(=O)c1ccc(NC2CCN(Cc3ccccc3)CC2)cc1O. The molecule has 0 radical (unpaired) electrons. The molecular formula is C19H23N3O2. The van der Waals surface area contributed by atoms with Gasteiger partial charge in [-0.05, 0) is 30.5 Å². The number of nitrogens with one attached hydrogen (secondary N) is 1. The van der Waals surface area contributed by atoms with Crippen LogP contribution in [0.25, 0.3) is 0 Å². The van der Waals surface area contributed by atoms with E-state index in [2.05, 4.69) is 34.5 Å². The van der Waals surface area contributed by atoms with Gasteiger partial charge in [-0.3, -0.25) is 9.69 Å². The minimum Gasteiger partial charge on any atom is -0.507 e. The molecule has 0 atom stereocenters. The fourth-order valence-electron chi connectivity index (χ4n) is 3.14. The van der Waals surface area contributed by atoms with Gasteiger partial charge in [-0.1, -0.05) is 30.3 Å². The normalized spacial score (nSPS) is 16.0. The van der Waals surface area contributed by atoms with Crippen molar-refractivity contribution in [2.24, 2.45) is 5.73 Å². The van der Waals surface area contributed by atoms with Crippen LogP contribution in [0.15, 0.2) is 48.5 Å². The number of carbonyl (C=O) groups excluding carboxylic acids is 1. The highest BCUT2D eigenvalue weighted by atomic mass is 16.3. The van der Waals surface area contributed by atoms with Crippen molar-refractivity contribution in [3.8, 4) is 5.75 Å². The molecule has 4 N–H and O–H groups in total. The Hall–Kier alpha value is -2.53. The van der Waals surface area contributed by atoms with Crippen molar-refractivity contribution in [2.75, 3.05) is 18.4 Å². The number of piperidine rings is 1. The molecule has 0 aliphatic carbocycles. The summed E-state index contributed by atoms with van der Waals surface area (Å²) in [6.07, 6.45) is 2.09. The maximum Gasteiger partial charge on any atom is 0.252 e. The number of hydrogen-bond acceptors (Lipinski definition) is 4. The fourth-order valence-corrected chi connectivity index (χ4v) is 3.14. The predicted octanol–water partition coefficient (Wildman–Crippen LogP) is 2.57. The molecule has 1 heterocycles. The molecule has 126 valence electrons. The van der Waals surface area contributed by atoms with E-state index in [0.29, 0.717) is 6.04 Å². The van der Waals surface area contributed by atoms with Crippen LogP contribution in [0.5, 0.6) is 5.75 Å². The first-order chi connectivity index (χ1) is 11.6. The Morgan fingerprint density at radius 2 is 1.88 bits per heavy atom. The second kappa shape index (κ2) is 7.36. The zero-order valence-electron chi connectivity index (χ0n) is 13.6. The number of nitrogens with zero attached hydrogens (tertiary/aromatic N) is 1. The van der Waals surface area contributed by atoms with Gasteiger partial charge >= 0.3 is 0 Å². The van der Waals surface area contributed by atoms with Crippen LogP contribution in [0.2, 0.25) is 0 Å². The van der Waals surface area contributed by atoms with Crippen LogP contribution in [-0.4, -0.2) is 35.0 Å². The first-order valence-electron chi connectivity index (χ1n) is 8.27. The first kappa shape index (κ1) is 16.3. The topological polar surface area (TPSA) is 78.6 Å². The Labute approximate surface area is 142 Å². The van der Waals surface area contributed by atoms with Crippen molar-refractivity contribution >= 4 is 11.6 Å². The summed E-state index contributed by atoms with van der Waals surface area (Å²) in [7, 11) is 0. The molecule has 1 saturated heterocycles. The molecule has 1 fully saturated rings. The van der Waals surface area contributed by atoms with Crippen molar-refractivity contribution in [1.29, 1.82) is 0 Å². The van der Waals surface area contributed by atoms with Crippen molar-refractivity contribution in [3.63, 3.8) is 0 Å². The monoisotopic (exact) mass is 325 g/mol. The fraction of sp³-hybridized carbons (Fsp3) is 0.316. The Morgan fingerprint density at radius 1 is 1.17 bits per heavy atom. The average molecular weight is 325 g/mol. The molecule has 5 nitrogen and oxygen atoms in total. The Morgan fingerprint density at radius 3 is 2.50 bits per heavy atom. The van der Waals surface area contributed by atoms with Crippen LogP contribution in [-0.2, 0) is 6.54 Å². The van der Waals surface area contributed by atoms with Crippen LogP contribution in [0.4, 0.5) is 5.69 Å². The number of nitrogens with two attached hydrogens (primary N) is 1. The molecule has 0 saturated carbocycles. The highest BCUT2D eigenvalue weighted by Gasteiger charge is 2.19. The molecule has 1 aliphatic heterocycles. The van der Waals surface area contributed by atoms with Crippen LogP contribution in [0, 0.1) is 0 Å². The molecule has 2 aromatic rings. The summed E-state index contributed by atoms with van der Waals surface area (Å²) in [6, 6.07) is 15.8. The smallest absolute Gasteiger partial charge is 0.252 e. The van der Waals surface area contributed by atoms with Gasteiger partial charge in [0, 0.05) is 37.4 Å². The van der Waals surface area contributed by atoms with Crippen molar-refractivity contribution in [2.45, 2.75) is 25.4 Å². The van der Waals surface area contributed by atoms with E-state index in [0.717, 1.165) is 38.2 Å². The summed E-state index contributed by atoms with van der Waals surface area (Å²) >= 11 is 0. The lowest BCUT2D eigenvalue weighted by atomic mass is 10.0. The molecular weight excluding hydrogens is 302 g/mol. The van der Waals surface area contributed by atoms with Crippen molar-refractivity contribution in [1.82, 2.24) is 4.90 Å². The molecule has 5 heteroatoms. The number of benzene rings is 2. The van der Waals surface area contributed by atoms with E-state index in [9.17, 15) is 9.90 Å². The average Bonchev–Trinajstić information content (AvgIpc) is 2.57. The van der Waals surface area contributed by atoms with E-state index in [1.54, 1.807) is 18.2 Å². The molecule has 24 heavy (non-hydrogen) atoms. The molecule has 1 aliphatic rings. The summed E-state index contributed by atoms with van der Waals surface area (Å²) < 4.78 is 0. The van der Waals surface area contributed by atoms with Crippen LogP contribution < -0.4 is 11.1 Å². The number of carbonyl (C=O) groups is 1. The third-order valence-electron chi connectivity index (χ3n) is 4.47. The number of hydrogen-bond donors (Lipinski definition) is 3. The zero-order chi connectivity index (χ0) is 16.9. The summed E-state index contributed by atoms with van der Waals surface area (Å²) in [5, 5.41) is 13.3. The maximum absolute atomic E-state index is 11.1. The standard InChI is InChI=1S/C19H23N3O2/c20-19(24)17-7-6-16(12-18(17)23)21-15-8-10-22(11-9-15)13-14-4-2-1-3-5-14/h1-7,12,15,21,23H,8-11,13H2,(H2,20,24). The summed E-state index contributed by atoms with van der Waals surface area (Å²) in [5.41, 5.74) is 7.52. The molecule has 3 rings (SSSR count). The third kappa shape index (κ3) is 4.06. The Balaban J connectivity index is 1.52. The van der Waals surface area contributed by atoms with Gasteiger partial charge in [-0.15, -0.1) is 0 Å². The van der Waals surface area contributed by atoms with Crippen LogP contribution in [0.1, 0.15) is 28.8 Å². The quantitative estimate of drug-likeness (QED) is 0.789. The van der Waals surface area contributed by atoms with E-state index < -0.39 is 5.91 Å². The molecule has 0 unspecified atom stereocenters. The molecule has 0 spiro atoms. The number of anilines is 1. The summed E-state index contributed by atoms with van der Waals surface area (Å²) in [5.74, 6) is -0.692. The highest BCUT2D eigenvalue weighted by Crippen LogP contribution is 2.24. The third-order valence-corrected chi connectivity index (χ3v) is 4.47. The summed E-state index contributed by atoms with van der Waals surface area (Å²) in [4.78, 5) is 13.6. The molecule has 0 bridgehead atoms. The molecule has 0 aromatic heterocycles. The number of amides is 1. The molecule has 1 amide bonds. The van der Waals surface area contributed by atoms with E-state index in [1.165, 1.54) is 5.56 Å². The van der Waals surface area contributed by atoms with Crippen molar-refractivity contribution in [3.05, 3.63) is 59.7 Å². The zero-order valence-corrected chi connectivity index (χ0v) is 13.6. The largest absolute Gasteiger partial charge is 0.507 e. The van der Waals surface area contributed by atoms with Gasteiger partial charge < -0.3 is 16.2 Å². The lowest BCUT2D eigenvalue weighted by molar-refractivity contribution is 0.0998. The van der Waals surface area contributed by atoms with Gasteiger partial charge in [0.1, 0.15) is 5.75 Å². The van der Waals surface area contributed by atoms with E-state index in [4.69, 9.17) is 5.73 Å². The minimum absolute atomic E-state index is 0.0750. The van der Waals surface area contributed by atoms with E-state index >= 15 is 0 Å². The van der Waals surface area contributed by atoms with Gasteiger partial charge in [-0.25, -0.2) is 0 Å². The lowest BCUT2D eigenvalue weighted by Crippen LogP contribution is -2.38. The van der Waals surface area contributed by atoms with Gasteiger partial charge in [-0.2, -0.15) is 0 Å². The second-order valence-electron chi connectivity index (χ2n) is 6.28. The lowest BCUT2D eigenvalue weighted by Gasteiger charge is -2.33. The number of rotatable bonds is 5. The Bertz CT molecular complexity index is 695. The number of primary amides is 1. The maximum atomic E-state index is 11.1. The van der Waals surface area contributed by atoms with Crippen LogP contribution >= 0.6 is 0 Å². The van der Waals surface area contributed by atoms with E-state index in [-0.39, 0.29) is 11.3 Å². The molecule has 2 aromatic carbocycles. The number of likely N-dealkylation sites (tertiary alicyclic amines) is 1. The van der Waals surface area contributed by atoms with Gasteiger partial charge in [0.15, 0.2) is 0 Å². The minimum atomic E-state index is -0.617. The number of phenols is 1. The van der Waals surface area contributed by atoms with Crippen molar-refractivity contribution < 1.29 is 9.90 Å². The van der Waals surface area contributed by atoms with E-state index in [1.807, 2.05) is 6.07 Å². The summed E-state index contributed by atoms with van der Waals surface area (Å²) in [6.45, 7) is 3.07. The Kier molecular flexibility index (Phi) is 5.01. The van der Waals surface area contributed by atoms with Gasteiger partial charge in [0.2, 0.25) is 0 Å². The first-order valence-corrected chi connectivity index (χ1v) is 8.27. The highest BCUT2D eigenvalue weighted by molar-refractivity contribution is 5.96. The predicted molar refractivity (Wildman–Crippen MR) is 95.0 cm³/mol. The van der Waals surface area contributed by atoms with Gasteiger partial charge in [0.25, 0.3) is 5.91 Å². The van der Waals surface area contributed by atoms with Gasteiger partial charge in [0.05, 0.1) is 5.56 Å². The second-order valence-corrected chi connectivity index (χ2v) is 6.28. The van der Waals surface area contributed by atoms with Crippen LogP contribution in [0.3, 0.4) is 0 Å².